The molecule has 0 saturated heterocycles. The summed E-state index contributed by atoms with van der Waals surface area (Å²) in [5, 5.41) is 3.44. The Morgan fingerprint density at radius 1 is 0.857 bits per heavy atom. The smallest absolute Gasteiger partial charge is 0.223 e. The van der Waals surface area contributed by atoms with Gasteiger partial charge in [0.15, 0.2) is 0 Å². The fourth-order valence-electron chi connectivity index (χ4n) is 4.85. The van der Waals surface area contributed by atoms with Gasteiger partial charge in [0, 0.05) is 18.0 Å². The number of hydrogen-bond donors (Lipinski definition) is 2. The number of nitrogens with one attached hydrogen (secondary N) is 1. The molecule has 0 radical (unpaired) electrons. The lowest BCUT2D eigenvalue weighted by atomic mass is 9.67. The van der Waals surface area contributed by atoms with Crippen LogP contribution in [0.3, 0.4) is 0 Å². The van der Waals surface area contributed by atoms with Gasteiger partial charge in [0.2, 0.25) is 5.91 Å². The Balaban J connectivity index is 0.00000161. The molecule has 3 saturated carbocycles. The first-order valence-corrected chi connectivity index (χ1v) is 8.80. The van der Waals surface area contributed by atoms with Gasteiger partial charge >= 0.3 is 0 Å². The van der Waals surface area contributed by atoms with Gasteiger partial charge in [0.1, 0.15) is 0 Å². The molecular weight excluding hydrogens is 284 g/mol. The molecule has 3 aliphatic carbocycles. The summed E-state index contributed by atoms with van der Waals surface area (Å²) in [6, 6.07) is 0.802. The standard InChI is InChI=1S/C17H30N2O.ClH/c18-15-10-13-8-5-9-14(11-15)16(13)19-17(20)12-6-3-1-2-4-7-12;/h12-16H,1-11,18H2,(H,19,20);1H. The highest BCUT2D eigenvalue weighted by atomic mass is 35.5. The maximum Gasteiger partial charge on any atom is 0.223 e. The van der Waals surface area contributed by atoms with Crippen molar-refractivity contribution < 1.29 is 4.79 Å². The maximum absolute atomic E-state index is 12.6. The van der Waals surface area contributed by atoms with Crippen molar-refractivity contribution in [2.45, 2.75) is 82.7 Å². The van der Waals surface area contributed by atoms with Crippen molar-refractivity contribution >= 4 is 18.3 Å². The van der Waals surface area contributed by atoms with Gasteiger partial charge in [-0.15, -0.1) is 12.4 Å². The van der Waals surface area contributed by atoms with E-state index in [1.165, 1.54) is 44.9 Å². The third kappa shape index (κ3) is 4.13. The Morgan fingerprint density at radius 3 is 2.00 bits per heavy atom. The third-order valence-corrected chi connectivity index (χ3v) is 5.91. The van der Waals surface area contributed by atoms with Gasteiger partial charge < -0.3 is 11.1 Å². The molecule has 3 N–H and O–H groups in total. The summed E-state index contributed by atoms with van der Waals surface area (Å²) in [7, 11) is 0. The van der Waals surface area contributed by atoms with Gasteiger partial charge in [-0.2, -0.15) is 0 Å². The second kappa shape index (κ2) is 7.82. The van der Waals surface area contributed by atoms with Crippen LogP contribution in [0.5, 0.6) is 0 Å². The fourth-order valence-corrected chi connectivity index (χ4v) is 4.85. The van der Waals surface area contributed by atoms with Crippen molar-refractivity contribution in [3.63, 3.8) is 0 Å². The first kappa shape index (κ1) is 17.1. The van der Waals surface area contributed by atoms with E-state index in [-0.39, 0.29) is 18.3 Å². The Morgan fingerprint density at radius 2 is 1.43 bits per heavy atom. The van der Waals surface area contributed by atoms with Gasteiger partial charge in [0.05, 0.1) is 0 Å². The van der Waals surface area contributed by atoms with Crippen molar-refractivity contribution in [2.24, 2.45) is 23.5 Å². The molecule has 0 heterocycles. The van der Waals surface area contributed by atoms with Crippen molar-refractivity contribution in [1.82, 2.24) is 5.32 Å². The van der Waals surface area contributed by atoms with Crippen LogP contribution in [-0.4, -0.2) is 18.0 Å². The molecule has 2 bridgehead atoms. The lowest BCUT2D eigenvalue weighted by Crippen LogP contribution is -2.54. The number of rotatable bonds is 2. The molecule has 0 aromatic heterocycles. The van der Waals surface area contributed by atoms with Gasteiger partial charge in [-0.1, -0.05) is 32.1 Å². The van der Waals surface area contributed by atoms with Gasteiger partial charge in [-0.25, -0.2) is 0 Å². The summed E-state index contributed by atoms with van der Waals surface area (Å²) in [5.41, 5.74) is 6.17. The largest absolute Gasteiger partial charge is 0.353 e. The minimum Gasteiger partial charge on any atom is -0.353 e. The van der Waals surface area contributed by atoms with Crippen LogP contribution in [0.25, 0.3) is 0 Å². The zero-order valence-corrected chi connectivity index (χ0v) is 13.9. The fraction of sp³-hybridized carbons (Fsp3) is 0.941. The van der Waals surface area contributed by atoms with Crippen LogP contribution in [0.1, 0.15) is 70.6 Å². The van der Waals surface area contributed by atoms with Crippen molar-refractivity contribution in [3.05, 3.63) is 0 Å². The SMILES string of the molecule is Cl.NC1CC2CCCC(C1)C2NC(=O)C1CCCCCC1. The number of halogens is 1. The molecule has 3 fully saturated rings. The monoisotopic (exact) mass is 314 g/mol. The van der Waals surface area contributed by atoms with Crippen LogP contribution in [0.4, 0.5) is 0 Å². The number of hydrogen-bond acceptors (Lipinski definition) is 2. The molecule has 3 rings (SSSR count). The first-order chi connectivity index (χ1) is 9.74. The average molecular weight is 315 g/mol. The van der Waals surface area contributed by atoms with Crippen LogP contribution in [0.15, 0.2) is 0 Å². The van der Waals surface area contributed by atoms with Crippen LogP contribution in [-0.2, 0) is 4.79 Å². The first-order valence-electron chi connectivity index (χ1n) is 8.80. The van der Waals surface area contributed by atoms with E-state index in [0.717, 1.165) is 25.7 Å². The van der Waals surface area contributed by atoms with E-state index in [9.17, 15) is 4.79 Å². The molecule has 3 nitrogen and oxygen atoms in total. The number of carbonyl (C=O) groups is 1. The minimum atomic E-state index is 0. The third-order valence-electron chi connectivity index (χ3n) is 5.91. The van der Waals surface area contributed by atoms with E-state index in [0.29, 0.717) is 29.8 Å². The Hall–Kier alpha value is -0.280. The van der Waals surface area contributed by atoms with E-state index in [4.69, 9.17) is 5.73 Å². The summed E-state index contributed by atoms with van der Waals surface area (Å²) in [6.45, 7) is 0. The second-order valence-electron chi connectivity index (χ2n) is 7.41. The van der Waals surface area contributed by atoms with Gasteiger partial charge in [-0.3, -0.25) is 4.79 Å². The topological polar surface area (TPSA) is 55.1 Å². The van der Waals surface area contributed by atoms with Crippen LogP contribution in [0, 0.1) is 17.8 Å². The Kier molecular flexibility index (Phi) is 6.36. The van der Waals surface area contributed by atoms with E-state index in [2.05, 4.69) is 5.32 Å². The molecule has 122 valence electrons. The summed E-state index contributed by atoms with van der Waals surface area (Å²) in [4.78, 5) is 12.6. The molecule has 4 heteroatoms. The van der Waals surface area contributed by atoms with E-state index in [1.807, 2.05) is 0 Å². The highest BCUT2D eigenvalue weighted by Gasteiger charge is 2.40. The molecule has 0 aromatic carbocycles. The molecule has 0 aliphatic heterocycles. The molecule has 0 spiro atoms. The van der Waals surface area contributed by atoms with Crippen LogP contribution >= 0.6 is 12.4 Å². The van der Waals surface area contributed by atoms with Gasteiger partial charge in [0.25, 0.3) is 0 Å². The highest BCUT2D eigenvalue weighted by molar-refractivity contribution is 5.85. The Labute approximate surface area is 135 Å². The zero-order valence-electron chi connectivity index (χ0n) is 13.1. The average Bonchev–Trinajstić information content (AvgIpc) is 2.68. The highest BCUT2D eigenvalue weighted by Crippen LogP contribution is 2.40. The lowest BCUT2D eigenvalue weighted by molar-refractivity contribution is -0.127. The molecular formula is C17H31ClN2O. The molecule has 2 unspecified atom stereocenters. The summed E-state index contributed by atoms with van der Waals surface area (Å²) >= 11 is 0. The zero-order chi connectivity index (χ0) is 13.9. The van der Waals surface area contributed by atoms with Gasteiger partial charge in [-0.05, 0) is 50.4 Å². The second-order valence-corrected chi connectivity index (χ2v) is 7.41. The van der Waals surface area contributed by atoms with Crippen molar-refractivity contribution in [1.29, 1.82) is 0 Å². The number of carbonyl (C=O) groups excluding carboxylic acids is 1. The number of nitrogens with two attached hydrogens (primary N) is 1. The normalized spacial score (nSPS) is 37.2. The molecule has 0 aromatic rings. The van der Waals surface area contributed by atoms with E-state index < -0.39 is 0 Å². The quantitative estimate of drug-likeness (QED) is 0.767. The van der Waals surface area contributed by atoms with Crippen molar-refractivity contribution in [2.75, 3.05) is 0 Å². The Bertz CT molecular complexity index is 328. The summed E-state index contributed by atoms with van der Waals surface area (Å²) < 4.78 is 0. The number of amides is 1. The maximum atomic E-state index is 12.6. The van der Waals surface area contributed by atoms with Crippen molar-refractivity contribution in [3.8, 4) is 0 Å². The van der Waals surface area contributed by atoms with Crippen LogP contribution in [0.2, 0.25) is 0 Å². The number of fused-ring (bicyclic) bond motifs is 2. The molecule has 2 atom stereocenters. The summed E-state index contributed by atoms with van der Waals surface area (Å²) in [5.74, 6) is 1.93. The van der Waals surface area contributed by atoms with Crippen LogP contribution < -0.4 is 11.1 Å². The molecule has 21 heavy (non-hydrogen) atoms. The predicted octanol–water partition coefficient (Wildman–Crippen LogP) is 3.40. The van der Waals surface area contributed by atoms with E-state index in [1.54, 1.807) is 0 Å². The minimum absolute atomic E-state index is 0. The predicted molar refractivity (Wildman–Crippen MR) is 88.4 cm³/mol. The lowest BCUT2D eigenvalue weighted by Gasteiger charge is -2.45. The molecule has 3 aliphatic rings. The van der Waals surface area contributed by atoms with E-state index >= 15 is 0 Å². The summed E-state index contributed by atoms with van der Waals surface area (Å²) in [6.07, 6.45) is 13.4. The molecule has 1 amide bonds.